The Morgan fingerprint density at radius 3 is 2.46 bits per heavy atom. The third kappa shape index (κ3) is 1.75. The Hall–Kier alpha value is -0.0800. The fraction of sp³-hybridized carbons (Fsp3) is 1.00. The summed E-state index contributed by atoms with van der Waals surface area (Å²) in [6.07, 6.45) is 4.79. The van der Waals surface area contributed by atoms with Crippen LogP contribution in [0.25, 0.3) is 0 Å². The Kier molecular flexibility index (Phi) is 2.37. The molecule has 2 aliphatic heterocycles. The minimum atomic E-state index is 0.286. The van der Waals surface area contributed by atoms with Crippen molar-refractivity contribution in [3.05, 3.63) is 0 Å². The summed E-state index contributed by atoms with van der Waals surface area (Å²) in [6.45, 7) is 7.95. The van der Waals surface area contributed by atoms with Gasteiger partial charge in [-0.25, -0.2) is 0 Å². The molecule has 0 bridgehead atoms. The molecule has 1 N–H and O–H groups in total. The van der Waals surface area contributed by atoms with Gasteiger partial charge < -0.3 is 10.1 Å². The highest BCUT2D eigenvalue weighted by Crippen LogP contribution is 2.36. The van der Waals surface area contributed by atoms with Crippen LogP contribution in [0.5, 0.6) is 0 Å². The molecule has 2 heteroatoms. The zero-order chi connectivity index (χ0) is 9.47. The topological polar surface area (TPSA) is 21.3 Å². The lowest BCUT2D eigenvalue weighted by Gasteiger charge is -2.31. The summed E-state index contributed by atoms with van der Waals surface area (Å²) in [7, 11) is 0. The largest absolute Gasteiger partial charge is 0.375 e. The van der Waals surface area contributed by atoms with Gasteiger partial charge in [0.25, 0.3) is 0 Å². The quantitative estimate of drug-likeness (QED) is 0.671. The first-order valence-corrected chi connectivity index (χ1v) is 5.50. The van der Waals surface area contributed by atoms with E-state index in [1.165, 1.54) is 19.3 Å². The summed E-state index contributed by atoms with van der Waals surface area (Å²) in [4.78, 5) is 0. The van der Waals surface area contributed by atoms with Gasteiger partial charge in [-0.05, 0) is 46.6 Å². The number of hydrogen-bond donors (Lipinski definition) is 1. The lowest BCUT2D eigenvalue weighted by molar-refractivity contribution is 0.00474. The smallest absolute Gasteiger partial charge is 0.0625 e. The predicted octanol–water partition coefficient (Wildman–Crippen LogP) is 1.94. The summed E-state index contributed by atoms with van der Waals surface area (Å²) < 4.78 is 5.94. The summed E-state index contributed by atoms with van der Waals surface area (Å²) >= 11 is 0. The molecule has 0 aromatic carbocycles. The van der Waals surface area contributed by atoms with Crippen molar-refractivity contribution in [2.75, 3.05) is 6.54 Å². The lowest BCUT2D eigenvalue weighted by Crippen LogP contribution is -2.43. The average molecular weight is 183 g/mol. The van der Waals surface area contributed by atoms with E-state index in [1.807, 2.05) is 0 Å². The highest BCUT2D eigenvalue weighted by molar-refractivity contribution is 4.97. The monoisotopic (exact) mass is 183 g/mol. The molecule has 0 radical (unpaired) electrons. The van der Waals surface area contributed by atoms with Crippen LogP contribution in [0, 0.1) is 5.92 Å². The molecule has 0 saturated carbocycles. The van der Waals surface area contributed by atoms with Crippen molar-refractivity contribution in [2.45, 2.75) is 57.8 Å². The molecule has 13 heavy (non-hydrogen) atoms. The Bertz CT molecular complexity index is 191. The lowest BCUT2D eigenvalue weighted by atomic mass is 9.83. The Morgan fingerprint density at radius 1 is 1.23 bits per heavy atom. The van der Waals surface area contributed by atoms with Crippen molar-refractivity contribution in [3.63, 3.8) is 0 Å². The van der Waals surface area contributed by atoms with Crippen LogP contribution < -0.4 is 5.32 Å². The van der Waals surface area contributed by atoms with E-state index >= 15 is 0 Å². The van der Waals surface area contributed by atoms with Gasteiger partial charge in [-0.2, -0.15) is 0 Å². The van der Waals surface area contributed by atoms with Crippen LogP contribution >= 0.6 is 0 Å². The molecule has 0 amide bonds. The second kappa shape index (κ2) is 3.25. The Morgan fingerprint density at radius 2 is 2.00 bits per heavy atom. The van der Waals surface area contributed by atoms with E-state index < -0.39 is 0 Å². The molecular formula is C11H21NO. The van der Waals surface area contributed by atoms with Crippen molar-refractivity contribution < 1.29 is 4.74 Å². The highest BCUT2D eigenvalue weighted by Gasteiger charge is 2.42. The molecule has 2 nitrogen and oxygen atoms in total. The van der Waals surface area contributed by atoms with E-state index in [9.17, 15) is 0 Å². The van der Waals surface area contributed by atoms with Crippen molar-refractivity contribution >= 4 is 0 Å². The summed E-state index contributed by atoms with van der Waals surface area (Å²) in [5.74, 6) is 0.720. The zero-order valence-electron chi connectivity index (χ0n) is 8.97. The first-order valence-electron chi connectivity index (χ1n) is 5.50. The molecule has 3 unspecified atom stereocenters. The molecule has 2 saturated heterocycles. The fourth-order valence-electron chi connectivity index (χ4n) is 2.82. The minimum Gasteiger partial charge on any atom is -0.375 e. The van der Waals surface area contributed by atoms with Crippen LogP contribution in [-0.2, 0) is 4.74 Å². The van der Waals surface area contributed by atoms with E-state index in [2.05, 4.69) is 26.1 Å². The normalized spacial score (nSPS) is 44.1. The third-order valence-corrected chi connectivity index (χ3v) is 3.68. The Balaban J connectivity index is 2.00. The third-order valence-electron chi connectivity index (χ3n) is 3.68. The number of ether oxygens (including phenoxy) is 1. The maximum Gasteiger partial charge on any atom is 0.0625 e. The second-order valence-corrected chi connectivity index (χ2v) is 5.11. The highest BCUT2D eigenvalue weighted by atomic mass is 16.5. The first kappa shape index (κ1) is 9.47. The van der Waals surface area contributed by atoms with E-state index in [-0.39, 0.29) is 5.54 Å². The van der Waals surface area contributed by atoms with E-state index in [4.69, 9.17) is 4.74 Å². The number of hydrogen-bond acceptors (Lipinski definition) is 2. The van der Waals surface area contributed by atoms with Crippen molar-refractivity contribution in [2.24, 2.45) is 5.92 Å². The standard InChI is InChI=1S/C11H21NO/c1-8-4-5-10(13-8)9-6-7-12-11(9,2)3/h8-10,12H,4-7H2,1-3H3. The summed E-state index contributed by atoms with van der Waals surface area (Å²) in [5, 5.41) is 3.56. The first-order chi connectivity index (χ1) is 6.09. The zero-order valence-corrected chi connectivity index (χ0v) is 8.97. The molecule has 2 rings (SSSR count). The number of nitrogens with one attached hydrogen (secondary N) is 1. The summed E-state index contributed by atoms with van der Waals surface area (Å²) in [5.41, 5.74) is 0.286. The fourth-order valence-corrected chi connectivity index (χ4v) is 2.82. The van der Waals surface area contributed by atoms with Gasteiger partial charge in [0.2, 0.25) is 0 Å². The van der Waals surface area contributed by atoms with Crippen molar-refractivity contribution in [1.82, 2.24) is 5.32 Å². The van der Waals surface area contributed by atoms with E-state index in [0.717, 1.165) is 12.5 Å². The van der Waals surface area contributed by atoms with Crippen molar-refractivity contribution in [1.29, 1.82) is 0 Å². The van der Waals surface area contributed by atoms with Gasteiger partial charge in [-0.1, -0.05) is 0 Å². The molecule has 0 spiro atoms. The van der Waals surface area contributed by atoms with Gasteiger partial charge >= 0.3 is 0 Å². The van der Waals surface area contributed by atoms with E-state index in [0.29, 0.717) is 12.2 Å². The molecule has 2 aliphatic rings. The summed E-state index contributed by atoms with van der Waals surface area (Å²) in [6, 6.07) is 0. The van der Waals surface area contributed by atoms with Crippen molar-refractivity contribution in [3.8, 4) is 0 Å². The van der Waals surface area contributed by atoms with Gasteiger partial charge in [0, 0.05) is 11.5 Å². The van der Waals surface area contributed by atoms with Gasteiger partial charge in [0.1, 0.15) is 0 Å². The Labute approximate surface area is 81.0 Å². The molecule has 2 fully saturated rings. The van der Waals surface area contributed by atoms with Gasteiger partial charge in [0.15, 0.2) is 0 Å². The average Bonchev–Trinajstić information content (AvgIpc) is 2.56. The molecule has 0 aromatic rings. The minimum absolute atomic E-state index is 0.286. The van der Waals surface area contributed by atoms with Crippen LogP contribution in [0.3, 0.4) is 0 Å². The van der Waals surface area contributed by atoms with Gasteiger partial charge in [-0.15, -0.1) is 0 Å². The van der Waals surface area contributed by atoms with Crippen LogP contribution in [0.1, 0.15) is 40.0 Å². The molecule has 3 atom stereocenters. The SMILES string of the molecule is CC1CCC(C2CCNC2(C)C)O1. The predicted molar refractivity (Wildman–Crippen MR) is 53.8 cm³/mol. The van der Waals surface area contributed by atoms with Gasteiger partial charge in [0.05, 0.1) is 12.2 Å². The van der Waals surface area contributed by atoms with Crippen LogP contribution in [0.15, 0.2) is 0 Å². The van der Waals surface area contributed by atoms with E-state index in [1.54, 1.807) is 0 Å². The van der Waals surface area contributed by atoms with Crippen LogP contribution in [0.2, 0.25) is 0 Å². The van der Waals surface area contributed by atoms with Crippen LogP contribution in [0.4, 0.5) is 0 Å². The molecule has 76 valence electrons. The number of rotatable bonds is 1. The van der Waals surface area contributed by atoms with Gasteiger partial charge in [-0.3, -0.25) is 0 Å². The maximum atomic E-state index is 5.94. The molecule has 0 aromatic heterocycles. The molecular weight excluding hydrogens is 162 g/mol. The van der Waals surface area contributed by atoms with Crippen LogP contribution in [-0.4, -0.2) is 24.3 Å². The molecule has 0 aliphatic carbocycles. The second-order valence-electron chi connectivity index (χ2n) is 5.11. The maximum absolute atomic E-state index is 5.94. The molecule has 2 heterocycles.